The minimum Gasteiger partial charge on any atom is -0.303 e. The van der Waals surface area contributed by atoms with Gasteiger partial charge in [0.15, 0.2) is 0 Å². The number of carbonyl (C=O) groups excluding carboxylic acids is 1. The first-order valence-electron chi connectivity index (χ1n) is 4.28. The second-order valence-corrected chi connectivity index (χ2v) is 2.82. The molecule has 0 bridgehead atoms. The average Bonchev–Trinajstić information content (AvgIpc) is 1.98. The van der Waals surface area contributed by atoms with Crippen LogP contribution in [0.15, 0.2) is 0 Å². The molecule has 0 aliphatic carbocycles. The second kappa shape index (κ2) is 6.79. The minimum absolute atomic E-state index is 0.650. The van der Waals surface area contributed by atoms with Crippen molar-refractivity contribution in [1.82, 2.24) is 0 Å². The number of hydrogen-bond donors (Lipinski definition) is 0. The number of aldehydes is 1. The van der Waals surface area contributed by atoms with Gasteiger partial charge in [0.25, 0.3) is 0 Å². The Morgan fingerprint density at radius 1 is 1.40 bits per heavy atom. The summed E-state index contributed by atoms with van der Waals surface area (Å²) in [6.45, 7) is 4.34. The van der Waals surface area contributed by atoms with Crippen LogP contribution in [0.5, 0.6) is 0 Å². The molecule has 10 heavy (non-hydrogen) atoms. The number of hydrogen-bond acceptors (Lipinski definition) is 1. The van der Waals surface area contributed by atoms with Crippen LogP contribution in [-0.4, -0.2) is 6.29 Å². The summed E-state index contributed by atoms with van der Waals surface area (Å²) >= 11 is 0. The molecule has 1 nitrogen and oxygen atoms in total. The van der Waals surface area contributed by atoms with Gasteiger partial charge in [0, 0.05) is 6.42 Å². The lowest BCUT2D eigenvalue weighted by Gasteiger charge is -2.08. The average molecular weight is 142 g/mol. The fourth-order valence-electron chi connectivity index (χ4n) is 1.12. The standard InChI is InChI=1S/C9H18O/c1-3-5-6-9(4-2)7-8-10/h8-9H,3-7H2,1-2H3/t9-/m0/s1. The zero-order chi connectivity index (χ0) is 7.82. The highest BCUT2D eigenvalue weighted by Crippen LogP contribution is 2.14. The van der Waals surface area contributed by atoms with Crippen molar-refractivity contribution in [1.29, 1.82) is 0 Å². The zero-order valence-corrected chi connectivity index (χ0v) is 7.10. The molecule has 0 spiro atoms. The molecule has 0 N–H and O–H groups in total. The van der Waals surface area contributed by atoms with Gasteiger partial charge in [0.2, 0.25) is 0 Å². The van der Waals surface area contributed by atoms with Crippen LogP contribution in [0.25, 0.3) is 0 Å². The third-order valence-corrected chi connectivity index (χ3v) is 1.97. The third-order valence-electron chi connectivity index (χ3n) is 1.97. The topological polar surface area (TPSA) is 17.1 Å². The maximum Gasteiger partial charge on any atom is 0.120 e. The number of unbranched alkanes of at least 4 members (excludes halogenated alkanes) is 1. The smallest absolute Gasteiger partial charge is 0.120 e. The molecule has 0 fully saturated rings. The Morgan fingerprint density at radius 3 is 2.50 bits per heavy atom. The first-order valence-corrected chi connectivity index (χ1v) is 4.28. The molecule has 0 aliphatic heterocycles. The summed E-state index contributed by atoms with van der Waals surface area (Å²) in [5, 5.41) is 0. The highest BCUT2D eigenvalue weighted by molar-refractivity contribution is 5.49. The Kier molecular flexibility index (Phi) is 6.56. The molecule has 1 atom stereocenters. The molecular formula is C9H18O. The van der Waals surface area contributed by atoms with Crippen molar-refractivity contribution >= 4 is 6.29 Å². The van der Waals surface area contributed by atoms with Gasteiger partial charge in [-0.25, -0.2) is 0 Å². The maximum atomic E-state index is 10.1. The van der Waals surface area contributed by atoms with E-state index in [9.17, 15) is 4.79 Å². The Hall–Kier alpha value is -0.330. The maximum absolute atomic E-state index is 10.1. The summed E-state index contributed by atoms with van der Waals surface area (Å²) in [7, 11) is 0. The van der Waals surface area contributed by atoms with E-state index >= 15 is 0 Å². The molecule has 0 aromatic rings. The van der Waals surface area contributed by atoms with Crippen LogP contribution < -0.4 is 0 Å². The van der Waals surface area contributed by atoms with Crippen molar-refractivity contribution in [3.8, 4) is 0 Å². The largest absolute Gasteiger partial charge is 0.303 e. The fourth-order valence-corrected chi connectivity index (χ4v) is 1.12. The quantitative estimate of drug-likeness (QED) is 0.521. The molecule has 1 heteroatoms. The Labute approximate surface area is 63.8 Å². The van der Waals surface area contributed by atoms with Gasteiger partial charge >= 0.3 is 0 Å². The van der Waals surface area contributed by atoms with Crippen molar-refractivity contribution in [3.63, 3.8) is 0 Å². The van der Waals surface area contributed by atoms with Gasteiger partial charge in [-0.2, -0.15) is 0 Å². The van der Waals surface area contributed by atoms with Crippen LogP contribution in [0.2, 0.25) is 0 Å². The van der Waals surface area contributed by atoms with E-state index in [1.165, 1.54) is 19.3 Å². The van der Waals surface area contributed by atoms with Gasteiger partial charge < -0.3 is 4.79 Å². The summed E-state index contributed by atoms with van der Waals surface area (Å²) in [5.41, 5.74) is 0. The molecule has 0 aromatic heterocycles. The fraction of sp³-hybridized carbons (Fsp3) is 0.889. The van der Waals surface area contributed by atoms with Gasteiger partial charge in [0.1, 0.15) is 6.29 Å². The SMILES string of the molecule is CCCC[C@H](CC)CC=O. The van der Waals surface area contributed by atoms with Crippen molar-refractivity contribution in [3.05, 3.63) is 0 Å². The predicted molar refractivity (Wildman–Crippen MR) is 44.0 cm³/mol. The number of carbonyl (C=O) groups is 1. The summed E-state index contributed by atoms with van der Waals surface area (Å²) in [4.78, 5) is 10.1. The van der Waals surface area contributed by atoms with E-state index < -0.39 is 0 Å². The molecule has 0 heterocycles. The van der Waals surface area contributed by atoms with Crippen molar-refractivity contribution < 1.29 is 4.79 Å². The van der Waals surface area contributed by atoms with E-state index in [1.807, 2.05) is 0 Å². The summed E-state index contributed by atoms with van der Waals surface area (Å²) in [6, 6.07) is 0. The van der Waals surface area contributed by atoms with E-state index in [-0.39, 0.29) is 0 Å². The summed E-state index contributed by atoms with van der Waals surface area (Å²) < 4.78 is 0. The normalized spacial score (nSPS) is 13.0. The van der Waals surface area contributed by atoms with E-state index in [0.717, 1.165) is 19.1 Å². The van der Waals surface area contributed by atoms with Gasteiger partial charge in [0.05, 0.1) is 0 Å². The van der Waals surface area contributed by atoms with Crippen LogP contribution in [-0.2, 0) is 4.79 Å². The van der Waals surface area contributed by atoms with Crippen molar-refractivity contribution in [2.45, 2.75) is 46.0 Å². The lowest BCUT2D eigenvalue weighted by molar-refractivity contribution is -0.108. The molecule has 0 radical (unpaired) electrons. The highest BCUT2D eigenvalue weighted by Gasteiger charge is 2.03. The monoisotopic (exact) mass is 142 g/mol. The molecule has 0 aliphatic rings. The molecular weight excluding hydrogens is 124 g/mol. The molecule has 0 unspecified atom stereocenters. The summed E-state index contributed by atoms with van der Waals surface area (Å²) in [6.07, 6.45) is 6.70. The molecule has 0 saturated heterocycles. The van der Waals surface area contributed by atoms with Gasteiger partial charge in [-0.1, -0.05) is 39.5 Å². The zero-order valence-electron chi connectivity index (χ0n) is 7.10. The van der Waals surface area contributed by atoms with Gasteiger partial charge in [-0.15, -0.1) is 0 Å². The Morgan fingerprint density at radius 2 is 2.10 bits per heavy atom. The van der Waals surface area contributed by atoms with Crippen LogP contribution in [0, 0.1) is 5.92 Å². The van der Waals surface area contributed by atoms with Crippen LogP contribution in [0.3, 0.4) is 0 Å². The lowest BCUT2D eigenvalue weighted by Crippen LogP contribution is -1.98. The molecule has 0 amide bonds. The first kappa shape index (κ1) is 9.67. The second-order valence-electron chi connectivity index (χ2n) is 2.82. The number of rotatable bonds is 6. The highest BCUT2D eigenvalue weighted by atomic mass is 16.1. The van der Waals surface area contributed by atoms with Crippen molar-refractivity contribution in [2.24, 2.45) is 5.92 Å². The van der Waals surface area contributed by atoms with E-state index in [4.69, 9.17) is 0 Å². The minimum atomic E-state index is 0.650. The predicted octanol–water partition coefficient (Wildman–Crippen LogP) is 2.79. The van der Waals surface area contributed by atoms with Crippen molar-refractivity contribution in [2.75, 3.05) is 0 Å². The third kappa shape index (κ3) is 4.54. The first-order chi connectivity index (χ1) is 4.85. The van der Waals surface area contributed by atoms with Crippen LogP contribution in [0.4, 0.5) is 0 Å². The molecule has 0 saturated carbocycles. The van der Waals surface area contributed by atoms with E-state index in [0.29, 0.717) is 5.92 Å². The molecule has 60 valence electrons. The van der Waals surface area contributed by atoms with Crippen LogP contribution in [0.1, 0.15) is 46.0 Å². The summed E-state index contributed by atoms with van der Waals surface area (Å²) in [5.74, 6) is 0.650. The van der Waals surface area contributed by atoms with Gasteiger partial charge in [-0.05, 0) is 5.92 Å². The van der Waals surface area contributed by atoms with E-state index in [2.05, 4.69) is 13.8 Å². The Balaban J connectivity index is 3.29. The lowest BCUT2D eigenvalue weighted by atomic mass is 9.97. The molecule has 0 aromatic carbocycles. The van der Waals surface area contributed by atoms with Crippen LogP contribution >= 0.6 is 0 Å². The van der Waals surface area contributed by atoms with E-state index in [1.54, 1.807) is 0 Å². The molecule has 0 rings (SSSR count). The Bertz CT molecular complexity index is 78.8. The van der Waals surface area contributed by atoms with Gasteiger partial charge in [-0.3, -0.25) is 0 Å².